The average molecular weight is 399 g/mol. The number of hydrogen-bond donors (Lipinski definition) is 0. The Bertz CT molecular complexity index is 372. The molecule has 0 fully saturated rings. The van der Waals surface area contributed by atoms with Crippen molar-refractivity contribution in [1.82, 2.24) is 0 Å². The molecule has 0 atom stereocenters. The van der Waals surface area contributed by atoms with Gasteiger partial charge in [-0.2, -0.15) is 11.3 Å². The van der Waals surface area contributed by atoms with Crippen molar-refractivity contribution in [2.45, 2.75) is 0 Å². The summed E-state index contributed by atoms with van der Waals surface area (Å²) in [5.41, 5.74) is 0. The molecule has 0 saturated heterocycles. The molecule has 28 heavy (non-hydrogen) atoms. The Hall–Kier alpha value is -3.36. The van der Waals surface area contributed by atoms with Crippen LogP contribution in [0.5, 0.6) is 0 Å². The van der Waals surface area contributed by atoms with Gasteiger partial charge in [0.05, 0.1) is 12.5 Å². The fourth-order valence-corrected chi connectivity index (χ4v) is 1.29. The van der Waals surface area contributed by atoms with Crippen molar-refractivity contribution in [2.24, 2.45) is 0 Å². The summed E-state index contributed by atoms with van der Waals surface area (Å²) in [6.45, 7) is 36.0. The second-order valence-electron chi connectivity index (χ2n) is 2.74. The highest BCUT2D eigenvalue weighted by molar-refractivity contribution is 7.07. The second-order valence-corrected chi connectivity index (χ2v) is 3.56. The van der Waals surface area contributed by atoms with Gasteiger partial charge in [0.1, 0.15) is 0 Å². The van der Waals surface area contributed by atoms with Gasteiger partial charge in [0.25, 0.3) is 0 Å². The lowest BCUT2D eigenvalue weighted by Gasteiger charge is -1.69. The van der Waals surface area contributed by atoms with Crippen LogP contribution in [0.2, 0.25) is 0 Å². The summed E-state index contributed by atoms with van der Waals surface area (Å²) in [5.74, 6) is 0. The van der Waals surface area contributed by atoms with Crippen molar-refractivity contribution in [1.29, 1.82) is 0 Å². The third-order valence-electron chi connectivity index (χ3n) is 1.52. The van der Waals surface area contributed by atoms with Gasteiger partial charge in [-0.05, 0) is 22.9 Å². The first kappa shape index (κ1) is 39.6. The number of furan rings is 1. The molecule has 0 aliphatic rings. The van der Waals surface area contributed by atoms with Gasteiger partial charge in [0.15, 0.2) is 0 Å². The molecule has 0 radical (unpaired) electrons. The molecular formula is C26H38OS. The first-order valence-electron chi connectivity index (χ1n) is 7.94. The SMILES string of the molecule is C=C.C=C.C=C.C=C.C=C.C=C.c1ccccc1.c1ccoc1.c1ccsc1. The fourth-order valence-electron chi connectivity index (χ4n) is 0.839. The van der Waals surface area contributed by atoms with Crippen LogP contribution in [0.1, 0.15) is 0 Å². The van der Waals surface area contributed by atoms with Crippen molar-refractivity contribution < 1.29 is 4.42 Å². The Balaban J connectivity index is -0.0000000516. The van der Waals surface area contributed by atoms with Crippen LogP contribution in [0.15, 0.2) is 167 Å². The number of thiophene rings is 1. The highest BCUT2D eigenvalue weighted by Gasteiger charge is 1.59. The van der Waals surface area contributed by atoms with Crippen LogP contribution in [0.25, 0.3) is 0 Å². The van der Waals surface area contributed by atoms with Crippen molar-refractivity contribution in [3.05, 3.63) is 163 Å². The van der Waals surface area contributed by atoms with Crippen molar-refractivity contribution in [3.8, 4) is 0 Å². The lowest BCUT2D eigenvalue weighted by Crippen LogP contribution is -1.47. The highest BCUT2D eigenvalue weighted by Crippen LogP contribution is 1.91. The molecule has 2 heteroatoms. The number of benzene rings is 1. The van der Waals surface area contributed by atoms with E-state index in [1.165, 1.54) is 0 Å². The van der Waals surface area contributed by atoms with Crippen LogP contribution in [0.3, 0.4) is 0 Å². The van der Waals surface area contributed by atoms with Gasteiger partial charge in [-0.25, -0.2) is 0 Å². The van der Waals surface area contributed by atoms with Crippen LogP contribution in [-0.2, 0) is 0 Å². The van der Waals surface area contributed by atoms with Gasteiger partial charge >= 0.3 is 0 Å². The summed E-state index contributed by atoms with van der Waals surface area (Å²) in [4.78, 5) is 0. The Morgan fingerprint density at radius 3 is 0.714 bits per heavy atom. The molecular weight excluding hydrogens is 360 g/mol. The minimum atomic E-state index is 1.62. The molecule has 3 rings (SSSR count). The minimum absolute atomic E-state index is 1.62. The van der Waals surface area contributed by atoms with Crippen LogP contribution in [0, 0.1) is 0 Å². The van der Waals surface area contributed by atoms with Gasteiger partial charge in [-0.15, -0.1) is 78.9 Å². The third kappa shape index (κ3) is 66.4. The zero-order valence-electron chi connectivity index (χ0n) is 17.4. The lowest BCUT2D eigenvalue weighted by molar-refractivity contribution is 0.567. The minimum Gasteiger partial charge on any atom is -0.473 e. The summed E-state index contributed by atoms with van der Waals surface area (Å²) in [6, 6.07) is 19.7. The Kier molecular flexibility index (Phi) is 107. The first-order chi connectivity index (χ1) is 14.0. The molecule has 0 aliphatic carbocycles. The van der Waals surface area contributed by atoms with E-state index in [4.69, 9.17) is 0 Å². The Labute approximate surface area is 178 Å². The summed E-state index contributed by atoms with van der Waals surface area (Å²) in [6.07, 6.45) is 3.25. The molecule has 0 aliphatic heterocycles. The first-order valence-corrected chi connectivity index (χ1v) is 8.89. The number of hydrogen-bond acceptors (Lipinski definition) is 2. The Morgan fingerprint density at radius 1 is 0.357 bits per heavy atom. The predicted octanol–water partition coefficient (Wildman–Crippen LogP) is 9.53. The summed E-state index contributed by atoms with van der Waals surface area (Å²) >= 11 is 1.71. The molecule has 154 valence electrons. The summed E-state index contributed by atoms with van der Waals surface area (Å²) in [5, 5.41) is 4.08. The summed E-state index contributed by atoms with van der Waals surface area (Å²) in [7, 11) is 0. The van der Waals surface area contributed by atoms with E-state index in [1.807, 2.05) is 71.4 Å². The highest BCUT2D eigenvalue weighted by atomic mass is 32.1. The van der Waals surface area contributed by atoms with Gasteiger partial charge in [0, 0.05) is 0 Å². The molecule has 0 spiro atoms. The maximum Gasteiger partial charge on any atom is 0.0902 e. The van der Waals surface area contributed by atoms with Gasteiger partial charge < -0.3 is 4.42 Å². The van der Waals surface area contributed by atoms with Gasteiger partial charge in [-0.1, -0.05) is 48.5 Å². The number of rotatable bonds is 0. The molecule has 0 saturated carbocycles. The van der Waals surface area contributed by atoms with Gasteiger partial charge in [0.2, 0.25) is 0 Å². The molecule has 1 nitrogen and oxygen atoms in total. The maximum atomic E-state index is 4.58. The van der Waals surface area contributed by atoms with E-state index in [0.717, 1.165) is 0 Å². The van der Waals surface area contributed by atoms with Crippen molar-refractivity contribution >= 4 is 11.3 Å². The molecule has 3 aromatic rings. The molecule has 0 bridgehead atoms. The average Bonchev–Trinajstić information content (AvgIpc) is 3.63. The molecule has 2 heterocycles. The molecule has 0 amide bonds. The monoisotopic (exact) mass is 398 g/mol. The van der Waals surface area contributed by atoms with Crippen molar-refractivity contribution in [3.63, 3.8) is 0 Å². The quantitative estimate of drug-likeness (QED) is 0.343. The lowest BCUT2D eigenvalue weighted by atomic mass is 10.4. The molecule has 1 aromatic carbocycles. The predicted molar refractivity (Wildman–Crippen MR) is 137 cm³/mol. The fraction of sp³-hybridized carbons (Fsp3) is 0. The van der Waals surface area contributed by atoms with E-state index in [0.29, 0.717) is 0 Å². The van der Waals surface area contributed by atoms with E-state index in [-0.39, 0.29) is 0 Å². The second kappa shape index (κ2) is 75.8. The zero-order valence-corrected chi connectivity index (χ0v) is 18.2. The normalized spacial score (nSPS) is 5.43. The van der Waals surface area contributed by atoms with E-state index in [2.05, 4.69) is 83.4 Å². The van der Waals surface area contributed by atoms with Crippen LogP contribution in [0.4, 0.5) is 0 Å². The molecule has 0 N–H and O–H groups in total. The molecule has 0 unspecified atom stereocenters. The van der Waals surface area contributed by atoms with Gasteiger partial charge in [-0.3, -0.25) is 0 Å². The van der Waals surface area contributed by atoms with E-state index >= 15 is 0 Å². The third-order valence-corrected chi connectivity index (χ3v) is 2.15. The van der Waals surface area contributed by atoms with Crippen LogP contribution in [-0.4, -0.2) is 0 Å². The topological polar surface area (TPSA) is 13.1 Å². The zero-order chi connectivity index (χ0) is 23.3. The van der Waals surface area contributed by atoms with E-state index in [9.17, 15) is 0 Å². The standard InChI is InChI=1S/C6H6.C4H4O.C4H4S.6C2H4/c1-2-4-6-5-3-1;2*1-2-4-5-3-1;6*1-2/h1-6H;2*1-4H;6*1-2H2. The Morgan fingerprint density at radius 2 is 0.607 bits per heavy atom. The summed E-state index contributed by atoms with van der Waals surface area (Å²) < 4.78 is 4.58. The van der Waals surface area contributed by atoms with E-state index < -0.39 is 0 Å². The van der Waals surface area contributed by atoms with Crippen LogP contribution < -0.4 is 0 Å². The van der Waals surface area contributed by atoms with E-state index in [1.54, 1.807) is 23.9 Å². The largest absolute Gasteiger partial charge is 0.473 e. The maximum absolute atomic E-state index is 4.58. The smallest absolute Gasteiger partial charge is 0.0902 e. The van der Waals surface area contributed by atoms with Crippen molar-refractivity contribution in [2.75, 3.05) is 0 Å². The van der Waals surface area contributed by atoms with Crippen LogP contribution >= 0.6 is 11.3 Å². The molecule has 2 aromatic heterocycles.